The van der Waals surface area contributed by atoms with Gasteiger partial charge in [-0.3, -0.25) is 4.79 Å². The van der Waals surface area contributed by atoms with E-state index in [2.05, 4.69) is 0 Å². The largest absolute Gasteiger partial charge is 0.478 e. The molecule has 0 unspecified atom stereocenters. The van der Waals surface area contributed by atoms with Crippen LogP contribution in [0.3, 0.4) is 0 Å². The molecule has 0 amide bonds. The first-order chi connectivity index (χ1) is 15.4. The van der Waals surface area contributed by atoms with Crippen molar-refractivity contribution in [3.05, 3.63) is 82.4 Å². The van der Waals surface area contributed by atoms with Crippen molar-refractivity contribution in [3.63, 3.8) is 0 Å². The Morgan fingerprint density at radius 1 is 0.906 bits per heavy atom. The first-order valence-electron chi connectivity index (χ1n) is 10.7. The Morgan fingerprint density at radius 3 is 2.31 bits per heavy atom. The van der Waals surface area contributed by atoms with Gasteiger partial charge in [-0.15, -0.1) is 0 Å². The van der Waals surface area contributed by atoms with Crippen molar-refractivity contribution < 1.29 is 25.6 Å². The van der Waals surface area contributed by atoms with Crippen LogP contribution < -0.4 is 9.47 Å². The van der Waals surface area contributed by atoms with Gasteiger partial charge in [0.1, 0.15) is 5.78 Å². The lowest BCUT2D eigenvalue weighted by Crippen LogP contribution is -2.22. The van der Waals surface area contributed by atoms with E-state index in [0.717, 1.165) is 52.0 Å². The first kappa shape index (κ1) is 20.3. The van der Waals surface area contributed by atoms with Crippen LogP contribution >= 0.6 is 0 Å². The topological polar surface area (TPSA) is 72.8 Å². The number of rotatable bonds is 6. The number of ketones is 1. The van der Waals surface area contributed by atoms with Gasteiger partial charge in [0.15, 0.2) is 11.5 Å². The van der Waals surface area contributed by atoms with E-state index in [1.54, 1.807) is 12.1 Å². The Morgan fingerprint density at radius 2 is 1.59 bits per heavy atom. The smallest absolute Gasteiger partial charge is 0.335 e. The zero-order valence-electron chi connectivity index (χ0n) is 18.1. The molecular weight excluding hydrogens is 404 g/mol. The molecule has 32 heavy (non-hydrogen) atoms. The van der Waals surface area contributed by atoms with Crippen LogP contribution in [0.4, 0.5) is 0 Å². The third-order valence-electron chi connectivity index (χ3n) is 6.65. The normalized spacial score (nSPS) is 15.4. The highest BCUT2D eigenvalue weighted by molar-refractivity contribution is 5.95. The molecule has 0 spiro atoms. The van der Waals surface area contributed by atoms with Crippen molar-refractivity contribution in [2.24, 2.45) is 0 Å². The van der Waals surface area contributed by atoms with Gasteiger partial charge in [-0.05, 0) is 84.3 Å². The van der Waals surface area contributed by atoms with Crippen molar-refractivity contribution in [1.82, 2.24) is 0 Å². The maximum Gasteiger partial charge on any atom is 0.335 e. The molecule has 1 aliphatic heterocycles. The number of carboxylic acids is 1. The van der Waals surface area contributed by atoms with E-state index in [4.69, 9.17) is 9.47 Å². The number of aromatic carboxylic acids is 1. The quantitative estimate of drug-likeness (QED) is 0.560. The van der Waals surface area contributed by atoms with Crippen LogP contribution in [-0.4, -0.2) is 23.7 Å². The van der Waals surface area contributed by atoms with Crippen LogP contribution in [-0.2, 0) is 16.6 Å². The van der Waals surface area contributed by atoms with Crippen molar-refractivity contribution in [1.29, 1.82) is 0 Å². The predicted octanol–water partition coefficient (Wildman–Crippen LogP) is 5.49. The summed E-state index contributed by atoms with van der Waals surface area (Å²) in [5, 5.41) is 9.39. The molecule has 0 atom stereocenters. The Bertz CT molecular complexity index is 1260. The molecular formula is C27H26O5. The van der Waals surface area contributed by atoms with E-state index < -0.39 is 11.4 Å². The van der Waals surface area contributed by atoms with Gasteiger partial charge in [-0.1, -0.05) is 30.3 Å². The third-order valence-corrected chi connectivity index (χ3v) is 6.65. The highest BCUT2D eigenvalue weighted by Crippen LogP contribution is 2.51. The van der Waals surface area contributed by atoms with Crippen LogP contribution in [0.2, 0.25) is 0 Å². The molecule has 1 heterocycles. The van der Waals surface area contributed by atoms with E-state index in [9.17, 15) is 14.7 Å². The summed E-state index contributed by atoms with van der Waals surface area (Å²) in [5.74, 6) is 0.670. The summed E-state index contributed by atoms with van der Waals surface area (Å²) < 4.78 is 10.9. The average Bonchev–Trinajstić information content (AvgIpc) is 3.46. The molecule has 0 radical (unpaired) electrons. The number of fused-ring (bicyclic) bond motifs is 1. The molecule has 0 aromatic heterocycles. The molecule has 1 N–H and O–H groups in total. The van der Waals surface area contributed by atoms with Crippen LogP contribution in [0.5, 0.6) is 11.5 Å². The number of aryl methyl sites for hydroxylation is 2. The molecule has 3 aromatic carbocycles. The molecule has 5 nitrogen and oxygen atoms in total. The Hall–Kier alpha value is -3.60. The second kappa shape index (κ2) is 7.52. The summed E-state index contributed by atoms with van der Waals surface area (Å²) in [6.45, 7) is 4.19. The minimum atomic E-state index is -0.949. The SMILES string of the molecule is Cc1ccc(CC(=O)C2(c3ccc4c(c3)OCO4)CC2)cc1-c1cc(C(=O)O)ccc1C.[HH]. The highest BCUT2D eigenvalue weighted by Gasteiger charge is 2.50. The van der Waals surface area contributed by atoms with Gasteiger partial charge in [0.2, 0.25) is 6.79 Å². The number of carbonyl (C=O) groups excluding carboxylic acids is 1. The van der Waals surface area contributed by atoms with Crippen molar-refractivity contribution in [2.45, 2.75) is 38.5 Å². The monoisotopic (exact) mass is 430 g/mol. The fourth-order valence-electron chi connectivity index (χ4n) is 4.52. The van der Waals surface area contributed by atoms with Crippen LogP contribution in [0, 0.1) is 13.8 Å². The van der Waals surface area contributed by atoms with Gasteiger partial charge in [-0.2, -0.15) is 0 Å². The fraction of sp³-hybridized carbons (Fsp3) is 0.259. The lowest BCUT2D eigenvalue weighted by molar-refractivity contribution is -0.120. The van der Waals surface area contributed by atoms with E-state index in [1.165, 1.54) is 0 Å². The molecule has 0 bridgehead atoms. The molecule has 164 valence electrons. The van der Waals surface area contributed by atoms with E-state index in [-0.39, 0.29) is 19.6 Å². The lowest BCUT2D eigenvalue weighted by atomic mass is 9.86. The zero-order valence-corrected chi connectivity index (χ0v) is 18.1. The summed E-state index contributed by atoms with van der Waals surface area (Å²) in [6, 6.07) is 17.0. The molecule has 5 rings (SSSR count). The Balaban J connectivity index is 0.00000259. The molecule has 3 aromatic rings. The van der Waals surface area contributed by atoms with Gasteiger partial charge in [-0.25, -0.2) is 4.79 Å². The number of carboxylic acid groups (broad SMARTS) is 1. The summed E-state index contributed by atoms with van der Waals surface area (Å²) in [5.41, 5.74) is 5.62. The molecule has 0 saturated heterocycles. The minimum absolute atomic E-state index is 0. The molecule has 2 aliphatic rings. The predicted molar refractivity (Wildman–Crippen MR) is 123 cm³/mol. The average molecular weight is 431 g/mol. The van der Waals surface area contributed by atoms with Crippen molar-refractivity contribution in [3.8, 4) is 22.6 Å². The molecule has 5 heteroatoms. The number of ether oxygens (including phenoxy) is 2. The van der Waals surface area contributed by atoms with Crippen molar-refractivity contribution >= 4 is 11.8 Å². The minimum Gasteiger partial charge on any atom is -0.478 e. The maximum atomic E-state index is 13.4. The number of carbonyl (C=O) groups is 2. The number of Topliss-reactive ketones (excluding diaryl/α,β-unsaturated/α-hetero) is 1. The van der Waals surface area contributed by atoms with Gasteiger partial charge < -0.3 is 14.6 Å². The number of benzene rings is 3. The van der Waals surface area contributed by atoms with E-state index in [1.807, 2.05) is 56.3 Å². The standard InChI is InChI=1S/C27H24O5.H2/c1-16-3-5-18(11-21(16)22-13-19(26(29)30)6-4-17(22)2)12-25(28)27(9-10-27)20-7-8-23-24(14-20)32-15-31-23;/h3-8,11,13-14H,9-10,12,15H2,1-2H3,(H,29,30);1H. The van der Waals surface area contributed by atoms with Crippen LogP contribution in [0.1, 0.15) is 46.9 Å². The summed E-state index contributed by atoms with van der Waals surface area (Å²) >= 11 is 0. The summed E-state index contributed by atoms with van der Waals surface area (Å²) in [7, 11) is 0. The maximum absolute atomic E-state index is 13.4. The second-order valence-electron chi connectivity index (χ2n) is 8.73. The van der Waals surface area contributed by atoms with Crippen molar-refractivity contribution in [2.75, 3.05) is 6.79 Å². The second-order valence-corrected chi connectivity index (χ2v) is 8.73. The van der Waals surface area contributed by atoms with Gasteiger partial charge in [0.25, 0.3) is 0 Å². The summed E-state index contributed by atoms with van der Waals surface area (Å²) in [6.07, 6.45) is 2.01. The lowest BCUT2D eigenvalue weighted by Gasteiger charge is -2.17. The number of hydrogen-bond donors (Lipinski definition) is 1. The van der Waals surface area contributed by atoms with Gasteiger partial charge in [0, 0.05) is 7.85 Å². The third kappa shape index (κ3) is 3.44. The van der Waals surface area contributed by atoms with E-state index >= 15 is 0 Å². The fourth-order valence-corrected chi connectivity index (χ4v) is 4.52. The van der Waals surface area contributed by atoms with Gasteiger partial charge >= 0.3 is 5.97 Å². The highest BCUT2D eigenvalue weighted by atomic mass is 16.7. The summed E-state index contributed by atoms with van der Waals surface area (Å²) in [4.78, 5) is 24.8. The number of hydrogen-bond acceptors (Lipinski definition) is 4. The van der Waals surface area contributed by atoms with E-state index in [0.29, 0.717) is 12.2 Å². The molecule has 1 saturated carbocycles. The zero-order chi connectivity index (χ0) is 22.5. The van der Waals surface area contributed by atoms with Crippen LogP contribution in [0.15, 0.2) is 54.6 Å². The van der Waals surface area contributed by atoms with Gasteiger partial charge in [0.05, 0.1) is 11.0 Å². The Labute approximate surface area is 188 Å². The first-order valence-corrected chi connectivity index (χ1v) is 10.7. The molecule has 1 aliphatic carbocycles. The Kier molecular flexibility index (Phi) is 4.77. The van der Waals surface area contributed by atoms with Crippen LogP contribution in [0.25, 0.3) is 11.1 Å². The molecule has 1 fully saturated rings.